The number of hydrogen-bond acceptors (Lipinski definition) is 4. The molecule has 0 aromatic rings. The fourth-order valence-electron chi connectivity index (χ4n) is 2.27. The zero-order chi connectivity index (χ0) is 12.0. The van der Waals surface area contributed by atoms with Crippen molar-refractivity contribution in [2.75, 3.05) is 46.4 Å². The molecule has 0 aromatic carbocycles. The molecule has 0 bridgehead atoms. The average Bonchev–Trinajstić information content (AvgIpc) is 2.38. The molecule has 1 aliphatic heterocycles. The first kappa shape index (κ1) is 13.9. The van der Waals surface area contributed by atoms with Crippen LogP contribution in [0.5, 0.6) is 0 Å². The van der Waals surface area contributed by atoms with Gasteiger partial charge in [-0.2, -0.15) is 0 Å². The lowest BCUT2D eigenvalue weighted by Gasteiger charge is -2.29. The van der Waals surface area contributed by atoms with Gasteiger partial charge in [-0.3, -0.25) is 4.90 Å². The van der Waals surface area contributed by atoms with Gasteiger partial charge in [0, 0.05) is 25.7 Å². The summed E-state index contributed by atoms with van der Waals surface area (Å²) in [7, 11) is 2.16. The summed E-state index contributed by atoms with van der Waals surface area (Å²) in [6, 6.07) is 0.517. The molecule has 1 saturated heterocycles. The monoisotopic (exact) mass is 230 g/mol. The largest absolute Gasteiger partial charge is 0.389 e. The zero-order valence-corrected chi connectivity index (χ0v) is 10.9. The van der Waals surface area contributed by atoms with Crippen molar-refractivity contribution in [3.05, 3.63) is 0 Å². The number of nitrogens with zero attached hydrogens (tertiary/aromatic N) is 2. The molecule has 96 valence electrons. The Bertz CT molecular complexity index is 190. The summed E-state index contributed by atoms with van der Waals surface area (Å²) in [5.74, 6) is 0. The summed E-state index contributed by atoms with van der Waals surface area (Å²) < 4.78 is 5.24. The van der Waals surface area contributed by atoms with Crippen LogP contribution >= 0.6 is 0 Å². The SMILES string of the molecule is CCOCC(O)CN1CCCN(C)CC1C. The molecular formula is C12H26N2O2. The maximum atomic E-state index is 9.83. The number of β-amino-alcohol motifs (C(OH)–C–C–N with tert-alkyl or cyclic N) is 1. The highest BCUT2D eigenvalue weighted by Gasteiger charge is 2.21. The number of hydrogen-bond donors (Lipinski definition) is 1. The standard InChI is InChI=1S/C12H26N2O2/c1-4-16-10-12(15)9-14-7-5-6-13(3)8-11(14)2/h11-12,15H,4-10H2,1-3H3. The van der Waals surface area contributed by atoms with Gasteiger partial charge in [-0.25, -0.2) is 0 Å². The van der Waals surface area contributed by atoms with Crippen molar-refractivity contribution in [1.29, 1.82) is 0 Å². The van der Waals surface area contributed by atoms with E-state index in [2.05, 4.69) is 23.8 Å². The van der Waals surface area contributed by atoms with Crippen LogP contribution < -0.4 is 0 Å². The highest BCUT2D eigenvalue weighted by atomic mass is 16.5. The van der Waals surface area contributed by atoms with Gasteiger partial charge in [-0.1, -0.05) is 0 Å². The molecule has 1 fully saturated rings. The summed E-state index contributed by atoms with van der Waals surface area (Å²) in [6.07, 6.45) is 0.827. The maximum absolute atomic E-state index is 9.83. The second kappa shape index (κ2) is 7.22. The minimum Gasteiger partial charge on any atom is -0.389 e. The molecule has 0 spiro atoms. The number of rotatable bonds is 5. The Hall–Kier alpha value is -0.160. The van der Waals surface area contributed by atoms with Crippen LogP contribution in [0.1, 0.15) is 20.3 Å². The Balaban J connectivity index is 2.33. The van der Waals surface area contributed by atoms with Gasteiger partial charge in [0.1, 0.15) is 0 Å². The molecule has 0 amide bonds. The summed E-state index contributed by atoms with van der Waals surface area (Å²) in [5, 5.41) is 9.83. The van der Waals surface area contributed by atoms with Gasteiger partial charge in [-0.15, -0.1) is 0 Å². The van der Waals surface area contributed by atoms with E-state index in [0.717, 1.165) is 26.2 Å². The predicted molar refractivity (Wildman–Crippen MR) is 65.6 cm³/mol. The summed E-state index contributed by atoms with van der Waals surface area (Å²) in [4.78, 5) is 4.73. The fraction of sp³-hybridized carbons (Fsp3) is 1.00. The quantitative estimate of drug-likeness (QED) is 0.742. The van der Waals surface area contributed by atoms with E-state index in [1.54, 1.807) is 0 Å². The molecule has 0 radical (unpaired) electrons. The van der Waals surface area contributed by atoms with E-state index in [1.807, 2.05) is 6.92 Å². The van der Waals surface area contributed by atoms with Gasteiger partial charge in [0.05, 0.1) is 12.7 Å². The summed E-state index contributed by atoms with van der Waals surface area (Å²) >= 11 is 0. The van der Waals surface area contributed by atoms with Gasteiger partial charge in [0.2, 0.25) is 0 Å². The maximum Gasteiger partial charge on any atom is 0.0900 e. The van der Waals surface area contributed by atoms with E-state index in [4.69, 9.17) is 4.74 Å². The van der Waals surface area contributed by atoms with Gasteiger partial charge in [-0.05, 0) is 40.4 Å². The van der Waals surface area contributed by atoms with Crippen LogP contribution in [0.2, 0.25) is 0 Å². The highest BCUT2D eigenvalue weighted by molar-refractivity contribution is 4.77. The Kier molecular flexibility index (Phi) is 6.28. The predicted octanol–water partition coefficient (Wildman–Crippen LogP) is 0.410. The highest BCUT2D eigenvalue weighted by Crippen LogP contribution is 2.09. The number of aliphatic hydroxyl groups is 1. The lowest BCUT2D eigenvalue weighted by atomic mass is 10.2. The van der Waals surface area contributed by atoms with Crippen LogP contribution in [0.25, 0.3) is 0 Å². The van der Waals surface area contributed by atoms with Crippen LogP contribution in [0.15, 0.2) is 0 Å². The van der Waals surface area contributed by atoms with Crippen molar-refractivity contribution in [3.63, 3.8) is 0 Å². The Morgan fingerprint density at radius 2 is 2.19 bits per heavy atom. The van der Waals surface area contributed by atoms with Gasteiger partial charge < -0.3 is 14.7 Å². The minimum absolute atomic E-state index is 0.356. The fourth-order valence-corrected chi connectivity index (χ4v) is 2.27. The molecule has 1 rings (SSSR count). The van der Waals surface area contributed by atoms with Crippen LogP contribution in [-0.2, 0) is 4.74 Å². The molecule has 4 heteroatoms. The molecule has 2 atom stereocenters. The first-order valence-electron chi connectivity index (χ1n) is 6.32. The van der Waals surface area contributed by atoms with Crippen LogP contribution in [0.4, 0.5) is 0 Å². The Labute approximate surface area is 99.2 Å². The summed E-state index contributed by atoms with van der Waals surface area (Å²) in [5.41, 5.74) is 0. The zero-order valence-electron chi connectivity index (χ0n) is 10.9. The van der Waals surface area contributed by atoms with Crippen LogP contribution in [0.3, 0.4) is 0 Å². The van der Waals surface area contributed by atoms with Crippen molar-refractivity contribution < 1.29 is 9.84 Å². The average molecular weight is 230 g/mol. The van der Waals surface area contributed by atoms with E-state index < -0.39 is 0 Å². The first-order valence-corrected chi connectivity index (χ1v) is 6.32. The topological polar surface area (TPSA) is 35.9 Å². The minimum atomic E-state index is -0.356. The normalized spacial score (nSPS) is 26.6. The Morgan fingerprint density at radius 3 is 2.88 bits per heavy atom. The van der Waals surface area contributed by atoms with E-state index >= 15 is 0 Å². The number of aliphatic hydroxyl groups excluding tert-OH is 1. The first-order chi connectivity index (χ1) is 7.63. The second-order valence-electron chi connectivity index (χ2n) is 4.77. The molecule has 1 heterocycles. The molecule has 1 aliphatic rings. The Morgan fingerprint density at radius 1 is 1.44 bits per heavy atom. The van der Waals surface area contributed by atoms with E-state index in [0.29, 0.717) is 19.3 Å². The molecule has 2 unspecified atom stereocenters. The lowest BCUT2D eigenvalue weighted by molar-refractivity contribution is 0.0145. The van der Waals surface area contributed by atoms with Crippen molar-refractivity contribution in [2.45, 2.75) is 32.4 Å². The molecule has 0 saturated carbocycles. The molecule has 16 heavy (non-hydrogen) atoms. The van der Waals surface area contributed by atoms with E-state index in [1.165, 1.54) is 6.42 Å². The third-order valence-electron chi connectivity index (χ3n) is 3.14. The van der Waals surface area contributed by atoms with Crippen LogP contribution in [0, 0.1) is 0 Å². The van der Waals surface area contributed by atoms with E-state index in [9.17, 15) is 5.11 Å². The second-order valence-corrected chi connectivity index (χ2v) is 4.77. The van der Waals surface area contributed by atoms with E-state index in [-0.39, 0.29) is 6.10 Å². The van der Waals surface area contributed by atoms with Crippen molar-refractivity contribution in [1.82, 2.24) is 9.80 Å². The number of ether oxygens (including phenoxy) is 1. The van der Waals surface area contributed by atoms with Crippen molar-refractivity contribution in [2.24, 2.45) is 0 Å². The third kappa shape index (κ3) is 4.78. The summed E-state index contributed by atoms with van der Waals surface area (Å²) in [6.45, 7) is 9.36. The molecule has 0 aliphatic carbocycles. The molecule has 4 nitrogen and oxygen atoms in total. The number of likely N-dealkylation sites (N-methyl/N-ethyl adjacent to an activating group) is 1. The van der Waals surface area contributed by atoms with Gasteiger partial charge >= 0.3 is 0 Å². The lowest BCUT2D eigenvalue weighted by Crippen LogP contribution is -2.43. The van der Waals surface area contributed by atoms with Crippen molar-refractivity contribution in [3.8, 4) is 0 Å². The molecule has 1 N–H and O–H groups in total. The van der Waals surface area contributed by atoms with Crippen LogP contribution in [-0.4, -0.2) is 73.5 Å². The molecule has 0 aromatic heterocycles. The van der Waals surface area contributed by atoms with Crippen molar-refractivity contribution >= 4 is 0 Å². The van der Waals surface area contributed by atoms with Gasteiger partial charge in [0.15, 0.2) is 0 Å². The molecular weight excluding hydrogens is 204 g/mol. The third-order valence-corrected chi connectivity index (χ3v) is 3.14. The smallest absolute Gasteiger partial charge is 0.0900 e. The van der Waals surface area contributed by atoms with Gasteiger partial charge in [0.25, 0.3) is 0 Å².